The maximum atomic E-state index is 11.9. The first-order valence-electron chi connectivity index (χ1n) is 6.05. The number of Topliss-reactive ketones (excluding diaryl/α,β-unsaturated/α-hetero) is 1. The summed E-state index contributed by atoms with van der Waals surface area (Å²) in [5.41, 5.74) is 0.441. The van der Waals surface area contributed by atoms with Crippen LogP contribution in [-0.4, -0.2) is 41.0 Å². The quantitative estimate of drug-likeness (QED) is 0.851. The Morgan fingerprint density at radius 1 is 1.41 bits per heavy atom. The fourth-order valence-corrected chi connectivity index (χ4v) is 2.30. The molecule has 1 saturated heterocycles. The largest absolute Gasteiger partial charge is 0.389 e. The molecule has 1 aliphatic heterocycles. The van der Waals surface area contributed by atoms with Crippen LogP contribution in [-0.2, 0) is 11.2 Å². The zero-order valence-corrected chi connectivity index (χ0v) is 10.2. The molecule has 1 atom stereocenters. The number of hydrogen-bond donors (Lipinski definition) is 1. The molecule has 17 heavy (non-hydrogen) atoms. The Labute approximate surface area is 102 Å². The lowest BCUT2D eigenvalue weighted by Gasteiger charge is -2.17. The summed E-state index contributed by atoms with van der Waals surface area (Å²) in [4.78, 5) is 13.9. The van der Waals surface area contributed by atoms with Crippen LogP contribution in [0.3, 0.4) is 0 Å². The topological polar surface area (TPSA) is 40.5 Å². The van der Waals surface area contributed by atoms with E-state index >= 15 is 0 Å². The molecule has 3 heteroatoms. The van der Waals surface area contributed by atoms with Gasteiger partial charge < -0.3 is 5.11 Å². The molecule has 1 aliphatic rings. The van der Waals surface area contributed by atoms with E-state index in [9.17, 15) is 9.90 Å². The van der Waals surface area contributed by atoms with Crippen molar-refractivity contribution in [3.05, 3.63) is 35.9 Å². The van der Waals surface area contributed by atoms with Crippen molar-refractivity contribution >= 4 is 5.78 Å². The zero-order chi connectivity index (χ0) is 12.3. The molecule has 0 radical (unpaired) electrons. The molecule has 3 nitrogen and oxygen atoms in total. The number of β-amino-alcohol motifs (C(OH)–C–C–N with tert-alkyl or cyclic N) is 1. The van der Waals surface area contributed by atoms with E-state index in [2.05, 4.69) is 0 Å². The first-order chi connectivity index (χ1) is 8.05. The van der Waals surface area contributed by atoms with Gasteiger partial charge in [-0.2, -0.15) is 0 Å². The highest BCUT2D eigenvalue weighted by atomic mass is 16.3. The van der Waals surface area contributed by atoms with Crippen molar-refractivity contribution in [2.75, 3.05) is 19.6 Å². The Kier molecular flexibility index (Phi) is 3.60. The predicted molar refractivity (Wildman–Crippen MR) is 66.8 cm³/mol. The minimum atomic E-state index is -0.618. The van der Waals surface area contributed by atoms with E-state index in [4.69, 9.17) is 0 Å². The van der Waals surface area contributed by atoms with Gasteiger partial charge in [-0.3, -0.25) is 9.69 Å². The Hall–Kier alpha value is -1.19. The number of ketones is 1. The van der Waals surface area contributed by atoms with E-state index in [1.807, 2.05) is 42.2 Å². The van der Waals surface area contributed by atoms with E-state index in [1.165, 1.54) is 0 Å². The highest BCUT2D eigenvalue weighted by Crippen LogP contribution is 2.19. The van der Waals surface area contributed by atoms with E-state index in [1.54, 1.807) is 0 Å². The second-order valence-corrected chi connectivity index (χ2v) is 5.16. The smallest absolute Gasteiger partial charge is 0.151 e. The number of carbonyl (C=O) groups excluding carboxylic acids is 1. The molecule has 1 heterocycles. The Morgan fingerprint density at radius 2 is 2.12 bits per heavy atom. The fourth-order valence-electron chi connectivity index (χ4n) is 2.30. The molecule has 0 aliphatic carbocycles. The van der Waals surface area contributed by atoms with Gasteiger partial charge >= 0.3 is 0 Å². The van der Waals surface area contributed by atoms with Crippen molar-refractivity contribution < 1.29 is 9.90 Å². The highest BCUT2D eigenvalue weighted by molar-refractivity contribution is 5.82. The molecule has 1 aromatic rings. The summed E-state index contributed by atoms with van der Waals surface area (Å²) in [5.74, 6) is 0.217. The van der Waals surface area contributed by atoms with Crippen LogP contribution in [0, 0.1) is 0 Å². The molecule has 0 saturated carbocycles. The van der Waals surface area contributed by atoms with Crippen LogP contribution in [0.15, 0.2) is 30.3 Å². The molecule has 1 fully saturated rings. The van der Waals surface area contributed by atoms with Crippen LogP contribution in [0.5, 0.6) is 0 Å². The van der Waals surface area contributed by atoms with Gasteiger partial charge in [-0.15, -0.1) is 0 Å². The average molecular weight is 233 g/mol. The van der Waals surface area contributed by atoms with Crippen LogP contribution in [0.1, 0.15) is 18.9 Å². The average Bonchev–Trinajstić information content (AvgIpc) is 2.59. The Morgan fingerprint density at radius 3 is 2.71 bits per heavy atom. The molecule has 0 spiro atoms. The van der Waals surface area contributed by atoms with Gasteiger partial charge in [0.15, 0.2) is 5.78 Å². The SMILES string of the molecule is CC1(O)CCN(CC(=O)Cc2ccccc2)C1. The maximum absolute atomic E-state index is 11.9. The van der Waals surface area contributed by atoms with Gasteiger partial charge in [-0.05, 0) is 18.9 Å². The molecule has 92 valence electrons. The van der Waals surface area contributed by atoms with E-state index in [0.29, 0.717) is 19.5 Å². The number of likely N-dealkylation sites (tertiary alicyclic amines) is 1. The molecule has 0 aromatic heterocycles. The van der Waals surface area contributed by atoms with Gasteiger partial charge in [0.25, 0.3) is 0 Å². The van der Waals surface area contributed by atoms with Gasteiger partial charge in [-0.25, -0.2) is 0 Å². The van der Waals surface area contributed by atoms with Gasteiger partial charge in [0.2, 0.25) is 0 Å². The number of benzene rings is 1. The molecule has 1 unspecified atom stereocenters. The van der Waals surface area contributed by atoms with Crippen LogP contribution >= 0.6 is 0 Å². The number of rotatable bonds is 4. The van der Waals surface area contributed by atoms with Crippen molar-refractivity contribution in [1.82, 2.24) is 4.90 Å². The minimum absolute atomic E-state index is 0.217. The Bertz CT molecular complexity index is 386. The zero-order valence-electron chi connectivity index (χ0n) is 10.2. The third-order valence-corrected chi connectivity index (χ3v) is 3.17. The highest BCUT2D eigenvalue weighted by Gasteiger charge is 2.31. The fraction of sp³-hybridized carbons (Fsp3) is 0.500. The second-order valence-electron chi connectivity index (χ2n) is 5.16. The number of hydrogen-bond acceptors (Lipinski definition) is 3. The summed E-state index contributed by atoms with van der Waals surface area (Å²) in [5, 5.41) is 9.81. The van der Waals surface area contributed by atoms with Crippen LogP contribution < -0.4 is 0 Å². The normalized spacial score (nSPS) is 25.1. The molecular formula is C14H19NO2. The van der Waals surface area contributed by atoms with Crippen molar-refractivity contribution in [2.24, 2.45) is 0 Å². The lowest BCUT2D eigenvalue weighted by atomic mass is 10.1. The predicted octanol–water partition coefficient (Wildman–Crippen LogP) is 1.25. The molecular weight excluding hydrogens is 214 g/mol. The van der Waals surface area contributed by atoms with Gasteiger partial charge in [0.1, 0.15) is 0 Å². The van der Waals surface area contributed by atoms with E-state index < -0.39 is 5.60 Å². The summed E-state index contributed by atoms with van der Waals surface area (Å²) < 4.78 is 0. The van der Waals surface area contributed by atoms with E-state index in [-0.39, 0.29) is 5.78 Å². The number of aliphatic hydroxyl groups is 1. The van der Waals surface area contributed by atoms with Crippen molar-refractivity contribution in [2.45, 2.75) is 25.4 Å². The molecule has 1 aromatic carbocycles. The summed E-state index contributed by atoms with van der Waals surface area (Å²) >= 11 is 0. The lowest BCUT2D eigenvalue weighted by molar-refractivity contribution is -0.119. The second kappa shape index (κ2) is 4.98. The van der Waals surface area contributed by atoms with Gasteiger partial charge in [-0.1, -0.05) is 30.3 Å². The van der Waals surface area contributed by atoms with Crippen LogP contribution in [0.25, 0.3) is 0 Å². The summed E-state index contributed by atoms with van der Waals surface area (Å²) in [6, 6.07) is 9.79. The lowest BCUT2D eigenvalue weighted by Crippen LogP contribution is -2.33. The number of nitrogens with zero attached hydrogens (tertiary/aromatic N) is 1. The monoisotopic (exact) mass is 233 g/mol. The van der Waals surface area contributed by atoms with E-state index in [0.717, 1.165) is 18.5 Å². The third kappa shape index (κ3) is 3.65. The molecule has 0 amide bonds. The maximum Gasteiger partial charge on any atom is 0.151 e. The Balaban J connectivity index is 1.83. The first-order valence-corrected chi connectivity index (χ1v) is 6.05. The summed E-state index contributed by atoms with van der Waals surface area (Å²) in [7, 11) is 0. The van der Waals surface area contributed by atoms with Crippen molar-refractivity contribution in [3.8, 4) is 0 Å². The third-order valence-electron chi connectivity index (χ3n) is 3.17. The summed E-state index contributed by atoms with van der Waals surface area (Å²) in [6.45, 7) is 3.70. The van der Waals surface area contributed by atoms with Crippen LogP contribution in [0.2, 0.25) is 0 Å². The van der Waals surface area contributed by atoms with Gasteiger partial charge in [0.05, 0.1) is 12.1 Å². The van der Waals surface area contributed by atoms with Crippen molar-refractivity contribution in [3.63, 3.8) is 0 Å². The summed E-state index contributed by atoms with van der Waals surface area (Å²) in [6.07, 6.45) is 1.24. The number of carbonyl (C=O) groups is 1. The first kappa shape index (κ1) is 12.3. The van der Waals surface area contributed by atoms with Gasteiger partial charge in [0, 0.05) is 19.5 Å². The van der Waals surface area contributed by atoms with Crippen molar-refractivity contribution in [1.29, 1.82) is 0 Å². The molecule has 2 rings (SSSR count). The minimum Gasteiger partial charge on any atom is -0.389 e. The standard InChI is InChI=1S/C14H19NO2/c1-14(17)7-8-15(11-14)10-13(16)9-12-5-3-2-4-6-12/h2-6,17H,7-11H2,1H3. The molecule has 1 N–H and O–H groups in total. The van der Waals surface area contributed by atoms with Crippen LogP contribution in [0.4, 0.5) is 0 Å². The molecule has 0 bridgehead atoms.